The SMILES string of the molecule is CN(C)C(=O)CN=C(NCC1CCOC1)N(C)Cc1ncc(Cl)n1C. The summed E-state index contributed by atoms with van der Waals surface area (Å²) in [6.45, 7) is 2.96. The molecule has 1 saturated heterocycles. The topological polar surface area (TPSA) is 75.0 Å². The highest BCUT2D eigenvalue weighted by molar-refractivity contribution is 6.29. The zero-order valence-corrected chi connectivity index (χ0v) is 16.1. The third kappa shape index (κ3) is 5.61. The number of aromatic nitrogens is 2. The van der Waals surface area contributed by atoms with Crippen molar-refractivity contribution in [1.29, 1.82) is 0 Å². The van der Waals surface area contributed by atoms with Gasteiger partial charge in [0.15, 0.2) is 5.96 Å². The molecule has 1 fully saturated rings. The van der Waals surface area contributed by atoms with E-state index in [1.165, 1.54) is 4.90 Å². The second-order valence-electron chi connectivity index (χ2n) is 6.45. The number of imidazole rings is 1. The van der Waals surface area contributed by atoms with Gasteiger partial charge >= 0.3 is 0 Å². The minimum absolute atomic E-state index is 0.0445. The van der Waals surface area contributed by atoms with E-state index in [1.54, 1.807) is 20.3 Å². The first-order valence-corrected chi connectivity index (χ1v) is 8.69. The number of carbonyl (C=O) groups is 1. The van der Waals surface area contributed by atoms with Gasteiger partial charge in [0.05, 0.1) is 19.3 Å². The fourth-order valence-electron chi connectivity index (χ4n) is 2.43. The van der Waals surface area contributed by atoms with E-state index in [9.17, 15) is 4.79 Å². The van der Waals surface area contributed by atoms with Crippen molar-refractivity contribution in [3.05, 3.63) is 17.2 Å². The Hall–Kier alpha value is -1.80. The Balaban J connectivity index is 2.03. The zero-order valence-electron chi connectivity index (χ0n) is 15.3. The van der Waals surface area contributed by atoms with Crippen molar-refractivity contribution in [2.75, 3.05) is 47.4 Å². The van der Waals surface area contributed by atoms with Gasteiger partial charge in [0, 0.05) is 47.3 Å². The van der Waals surface area contributed by atoms with E-state index in [0.717, 1.165) is 32.0 Å². The van der Waals surface area contributed by atoms with Crippen LogP contribution in [0.1, 0.15) is 12.2 Å². The van der Waals surface area contributed by atoms with Crippen molar-refractivity contribution < 1.29 is 9.53 Å². The highest BCUT2D eigenvalue weighted by Crippen LogP contribution is 2.12. The van der Waals surface area contributed by atoms with Gasteiger partial charge in [-0.25, -0.2) is 9.98 Å². The first-order chi connectivity index (χ1) is 11.9. The summed E-state index contributed by atoms with van der Waals surface area (Å²) in [6, 6.07) is 0. The first-order valence-electron chi connectivity index (χ1n) is 8.32. The van der Waals surface area contributed by atoms with Crippen LogP contribution in [0.25, 0.3) is 0 Å². The predicted molar refractivity (Wildman–Crippen MR) is 97.6 cm³/mol. The molecular formula is C16H27ClN6O2. The second-order valence-corrected chi connectivity index (χ2v) is 6.84. The zero-order chi connectivity index (χ0) is 18.4. The molecule has 1 N–H and O–H groups in total. The Labute approximate surface area is 153 Å². The quantitative estimate of drug-likeness (QED) is 0.585. The molecule has 0 bridgehead atoms. The minimum Gasteiger partial charge on any atom is -0.381 e. The maximum absolute atomic E-state index is 11.9. The molecule has 0 saturated carbocycles. The average Bonchev–Trinajstić information content (AvgIpc) is 3.20. The number of likely N-dealkylation sites (N-methyl/N-ethyl adjacent to an activating group) is 1. The number of hydrogen-bond donors (Lipinski definition) is 1. The van der Waals surface area contributed by atoms with Crippen LogP contribution in [0.5, 0.6) is 0 Å². The lowest BCUT2D eigenvalue weighted by Gasteiger charge is -2.23. The van der Waals surface area contributed by atoms with Crippen LogP contribution < -0.4 is 5.32 Å². The number of rotatable bonds is 6. The van der Waals surface area contributed by atoms with Crippen LogP contribution in [0.2, 0.25) is 5.15 Å². The molecule has 0 aromatic carbocycles. The summed E-state index contributed by atoms with van der Waals surface area (Å²) in [6.07, 6.45) is 2.66. The van der Waals surface area contributed by atoms with Crippen molar-refractivity contribution in [1.82, 2.24) is 24.7 Å². The number of ether oxygens (including phenoxy) is 1. The molecule has 1 aliphatic heterocycles. The van der Waals surface area contributed by atoms with Gasteiger partial charge in [-0.2, -0.15) is 0 Å². The summed E-state index contributed by atoms with van der Waals surface area (Å²) in [4.78, 5) is 24.1. The Morgan fingerprint density at radius 2 is 2.28 bits per heavy atom. The number of nitrogens with one attached hydrogen (secondary N) is 1. The van der Waals surface area contributed by atoms with Crippen molar-refractivity contribution in [3.63, 3.8) is 0 Å². The third-order valence-corrected chi connectivity index (χ3v) is 4.55. The highest BCUT2D eigenvalue weighted by atomic mass is 35.5. The molecular weight excluding hydrogens is 344 g/mol. The van der Waals surface area contributed by atoms with E-state index < -0.39 is 0 Å². The van der Waals surface area contributed by atoms with Crippen molar-refractivity contribution in [2.24, 2.45) is 18.0 Å². The maximum Gasteiger partial charge on any atom is 0.243 e. The van der Waals surface area contributed by atoms with Gasteiger partial charge in [-0.05, 0) is 6.42 Å². The molecule has 1 aliphatic rings. The predicted octanol–water partition coefficient (Wildman–Crippen LogP) is 0.576. The van der Waals surface area contributed by atoms with E-state index in [1.807, 2.05) is 23.6 Å². The summed E-state index contributed by atoms with van der Waals surface area (Å²) in [7, 11) is 7.23. The minimum atomic E-state index is -0.0445. The van der Waals surface area contributed by atoms with Crippen molar-refractivity contribution >= 4 is 23.5 Å². The number of aliphatic imine (C=N–C) groups is 1. The van der Waals surface area contributed by atoms with Crippen LogP contribution in [0, 0.1) is 5.92 Å². The number of carbonyl (C=O) groups excluding carboxylic acids is 1. The second kappa shape index (κ2) is 9.05. The van der Waals surface area contributed by atoms with Gasteiger partial charge < -0.3 is 24.4 Å². The number of amides is 1. The van der Waals surface area contributed by atoms with Crippen molar-refractivity contribution in [2.45, 2.75) is 13.0 Å². The van der Waals surface area contributed by atoms with Gasteiger partial charge in [-0.3, -0.25) is 4.79 Å². The van der Waals surface area contributed by atoms with Gasteiger partial charge in [-0.1, -0.05) is 11.6 Å². The first kappa shape index (κ1) is 19.5. The molecule has 1 aromatic rings. The molecule has 2 heterocycles. The van der Waals surface area contributed by atoms with Crippen molar-refractivity contribution in [3.8, 4) is 0 Å². The summed E-state index contributed by atoms with van der Waals surface area (Å²) >= 11 is 6.05. The Kier molecular flexibility index (Phi) is 7.07. The number of guanidine groups is 1. The van der Waals surface area contributed by atoms with Crippen LogP contribution >= 0.6 is 11.6 Å². The van der Waals surface area contributed by atoms with Gasteiger partial charge in [0.25, 0.3) is 0 Å². The molecule has 8 nitrogen and oxygen atoms in total. The largest absolute Gasteiger partial charge is 0.381 e. The summed E-state index contributed by atoms with van der Waals surface area (Å²) < 4.78 is 7.24. The molecule has 0 aliphatic carbocycles. The molecule has 1 amide bonds. The molecule has 1 unspecified atom stereocenters. The third-order valence-electron chi connectivity index (χ3n) is 4.20. The molecule has 25 heavy (non-hydrogen) atoms. The van der Waals surface area contributed by atoms with Gasteiger partial charge in [0.2, 0.25) is 5.91 Å². The molecule has 0 radical (unpaired) electrons. The van der Waals surface area contributed by atoms with Gasteiger partial charge in [0.1, 0.15) is 17.5 Å². The van der Waals surface area contributed by atoms with E-state index in [-0.39, 0.29) is 12.5 Å². The average molecular weight is 371 g/mol. The van der Waals surface area contributed by atoms with E-state index in [4.69, 9.17) is 16.3 Å². The molecule has 140 valence electrons. The molecule has 0 spiro atoms. The normalized spacial score (nSPS) is 17.6. The van der Waals surface area contributed by atoms with Crippen LogP contribution in [0.15, 0.2) is 11.2 Å². The highest BCUT2D eigenvalue weighted by Gasteiger charge is 2.18. The monoisotopic (exact) mass is 370 g/mol. The van der Waals surface area contributed by atoms with Crippen LogP contribution in [-0.2, 0) is 23.1 Å². The molecule has 1 atom stereocenters. The number of halogens is 1. The standard InChI is InChI=1S/C16H27ClN6O2/c1-21(2)15(24)9-20-16(19-7-12-5-6-25-11-12)22(3)10-14-18-8-13(17)23(14)4/h8,12H,5-7,9-11H2,1-4H3,(H,19,20). The van der Waals surface area contributed by atoms with Gasteiger partial charge in [-0.15, -0.1) is 0 Å². The molecule has 2 rings (SSSR count). The van der Waals surface area contributed by atoms with E-state index in [0.29, 0.717) is 23.6 Å². The fourth-order valence-corrected chi connectivity index (χ4v) is 2.58. The van der Waals surface area contributed by atoms with E-state index >= 15 is 0 Å². The maximum atomic E-state index is 11.9. The van der Waals surface area contributed by atoms with Crippen LogP contribution in [0.3, 0.4) is 0 Å². The Morgan fingerprint density at radius 3 is 2.84 bits per heavy atom. The lowest BCUT2D eigenvalue weighted by atomic mass is 10.1. The summed E-state index contributed by atoms with van der Waals surface area (Å²) in [5.74, 6) is 1.91. The van der Waals surface area contributed by atoms with E-state index in [2.05, 4.69) is 15.3 Å². The molecule has 9 heteroatoms. The smallest absolute Gasteiger partial charge is 0.243 e. The lowest BCUT2D eigenvalue weighted by molar-refractivity contribution is -0.127. The summed E-state index contributed by atoms with van der Waals surface area (Å²) in [5.41, 5.74) is 0. The van der Waals surface area contributed by atoms with Crippen LogP contribution in [0.4, 0.5) is 0 Å². The Bertz CT molecular complexity index is 610. The number of hydrogen-bond acceptors (Lipinski definition) is 4. The number of nitrogens with zero attached hydrogens (tertiary/aromatic N) is 5. The fraction of sp³-hybridized carbons (Fsp3) is 0.688. The lowest BCUT2D eigenvalue weighted by Crippen LogP contribution is -2.42. The molecule has 1 aromatic heterocycles. The van der Waals surface area contributed by atoms with Crippen LogP contribution in [-0.4, -0.2) is 78.7 Å². The summed E-state index contributed by atoms with van der Waals surface area (Å²) in [5, 5.41) is 3.94. The Morgan fingerprint density at radius 1 is 1.52 bits per heavy atom.